The first-order chi connectivity index (χ1) is 7.10. The van der Waals surface area contributed by atoms with Crippen molar-refractivity contribution >= 4 is 0 Å². The van der Waals surface area contributed by atoms with Crippen molar-refractivity contribution in [2.45, 2.75) is 12.5 Å². The molecule has 0 aliphatic carbocycles. The van der Waals surface area contributed by atoms with E-state index in [2.05, 4.69) is 4.74 Å². The van der Waals surface area contributed by atoms with Gasteiger partial charge in [-0.25, -0.2) is 8.78 Å². The summed E-state index contributed by atoms with van der Waals surface area (Å²) < 4.78 is 31.1. The largest absolute Gasteiger partial charge is 0.491 e. The topological polar surface area (TPSA) is 55.5 Å². The molecule has 0 aliphatic heterocycles. The molecule has 0 aromatic heterocycles. The van der Waals surface area contributed by atoms with Gasteiger partial charge in [0.25, 0.3) is 0 Å². The Balaban J connectivity index is 2.99. The number of ether oxygens (including phenoxy) is 1. The molecule has 0 spiro atoms. The normalized spacial score (nSPS) is 12.6. The third-order valence-electron chi connectivity index (χ3n) is 2.05. The highest BCUT2D eigenvalue weighted by molar-refractivity contribution is 5.33. The lowest BCUT2D eigenvalue weighted by molar-refractivity contribution is 0.264. The molecule has 0 heterocycles. The van der Waals surface area contributed by atoms with Gasteiger partial charge in [0.2, 0.25) is 0 Å². The van der Waals surface area contributed by atoms with Crippen molar-refractivity contribution in [3.05, 3.63) is 29.3 Å². The van der Waals surface area contributed by atoms with Crippen molar-refractivity contribution in [2.75, 3.05) is 13.7 Å². The molecule has 0 bridgehead atoms. The molecule has 1 rings (SSSR count). The number of hydrogen-bond acceptors (Lipinski definition) is 3. The van der Waals surface area contributed by atoms with E-state index in [9.17, 15) is 8.78 Å². The molecule has 0 saturated heterocycles. The molecule has 1 unspecified atom stereocenters. The van der Waals surface area contributed by atoms with Gasteiger partial charge in [-0.1, -0.05) is 6.07 Å². The summed E-state index contributed by atoms with van der Waals surface area (Å²) in [6, 6.07) is 1.85. The van der Waals surface area contributed by atoms with E-state index in [0.717, 1.165) is 6.07 Å². The van der Waals surface area contributed by atoms with Crippen molar-refractivity contribution in [3.8, 4) is 5.75 Å². The zero-order chi connectivity index (χ0) is 11.4. The molecule has 3 nitrogen and oxygen atoms in total. The highest BCUT2D eigenvalue weighted by Crippen LogP contribution is 2.24. The van der Waals surface area contributed by atoms with Crippen molar-refractivity contribution in [2.24, 2.45) is 5.73 Å². The maximum Gasteiger partial charge on any atom is 0.190 e. The van der Waals surface area contributed by atoms with Crippen molar-refractivity contribution < 1.29 is 18.6 Å². The molecule has 1 aromatic carbocycles. The van der Waals surface area contributed by atoms with Crippen LogP contribution in [0.1, 0.15) is 5.56 Å². The lowest BCUT2D eigenvalue weighted by Crippen LogP contribution is -2.27. The molecule has 1 aromatic rings. The van der Waals surface area contributed by atoms with Gasteiger partial charge in [0.15, 0.2) is 17.4 Å². The fraction of sp³-hybridized carbons (Fsp3) is 0.400. The number of nitrogens with two attached hydrogens (primary N) is 1. The van der Waals surface area contributed by atoms with E-state index >= 15 is 0 Å². The van der Waals surface area contributed by atoms with Gasteiger partial charge >= 0.3 is 0 Å². The number of methoxy groups -OCH3 is 1. The Bertz CT molecular complexity index is 344. The van der Waals surface area contributed by atoms with E-state index in [1.54, 1.807) is 0 Å². The molecular formula is C10H13F2NO2. The predicted molar refractivity (Wildman–Crippen MR) is 51.7 cm³/mol. The second-order valence-corrected chi connectivity index (χ2v) is 3.20. The van der Waals surface area contributed by atoms with Crippen LogP contribution in [-0.4, -0.2) is 24.9 Å². The first-order valence-electron chi connectivity index (χ1n) is 4.47. The lowest BCUT2D eigenvalue weighted by atomic mass is 10.1. The van der Waals surface area contributed by atoms with Gasteiger partial charge in [-0.3, -0.25) is 0 Å². The Kier molecular flexibility index (Phi) is 3.99. The standard InChI is InChI=1S/C10H13F2NO2/c1-15-10-8(11)3-2-6(9(10)12)4-7(13)5-14/h2-3,7,14H,4-5,13H2,1H3. The van der Waals surface area contributed by atoms with E-state index in [-0.39, 0.29) is 18.6 Å². The Morgan fingerprint density at radius 1 is 1.47 bits per heavy atom. The SMILES string of the molecule is COc1c(F)ccc(CC(N)CO)c1F. The zero-order valence-corrected chi connectivity index (χ0v) is 8.34. The average molecular weight is 217 g/mol. The van der Waals surface area contributed by atoms with Crippen LogP contribution in [0, 0.1) is 11.6 Å². The smallest absolute Gasteiger partial charge is 0.190 e. The number of aliphatic hydroxyl groups excluding tert-OH is 1. The molecule has 3 N–H and O–H groups in total. The van der Waals surface area contributed by atoms with Crippen LogP contribution >= 0.6 is 0 Å². The number of hydrogen-bond donors (Lipinski definition) is 2. The molecule has 15 heavy (non-hydrogen) atoms. The van der Waals surface area contributed by atoms with E-state index in [1.165, 1.54) is 13.2 Å². The van der Waals surface area contributed by atoms with Crippen LogP contribution in [0.2, 0.25) is 0 Å². The Morgan fingerprint density at radius 2 is 2.13 bits per heavy atom. The minimum absolute atomic E-state index is 0.138. The fourth-order valence-electron chi connectivity index (χ4n) is 1.27. The number of rotatable bonds is 4. The third-order valence-corrected chi connectivity index (χ3v) is 2.05. The van der Waals surface area contributed by atoms with Crippen LogP contribution in [0.5, 0.6) is 5.75 Å². The molecule has 0 amide bonds. The summed E-state index contributed by atoms with van der Waals surface area (Å²) in [6.45, 7) is -0.251. The van der Waals surface area contributed by atoms with Gasteiger partial charge in [-0.15, -0.1) is 0 Å². The molecular weight excluding hydrogens is 204 g/mol. The van der Waals surface area contributed by atoms with Crippen LogP contribution in [-0.2, 0) is 6.42 Å². The van der Waals surface area contributed by atoms with Gasteiger partial charge in [0, 0.05) is 6.04 Å². The van der Waals surface area contributed by atoms with Crippen LogP contribution in [0.15, 0.2) is 12.1 Å². The summed E-state index contributed by atoms with van der Waals surface area (Å²) >= 11 is 0. The highest BCUT2D eigenvalue weighted by Gasteiger charge is 2.15. The molecule has 5 heteroatoms. The second kappa shape index (κ2) is 5.04. The first-order valence-corrected chi connectivity index (χ1v) is 4.47. The Morgan fingerprint density at radius 3 is 2.67 bits per heavy atom. The van der Waals surface area contributed by atoms with Gasteiger partial charge < -0.3 is 15.6 Å². The van der Waals surface area contributed by atoms with Gasteiger partial charge in [-0.05, 0) is 18.1 Å². The van der Waals surface area contributed by atoms with E-state index in [4.69, 9.17) is 10.8 Å². The summed E-state index contributed by atoms with van der Waals surface area (Å²) in [6.07, 6.45) is 0.138. The third kappa shape index (κ3) is 2.64. The second-order valence-electron chi connectivity index (χ2n) is 3.20. The minimum Gasteiger partial charge on any atom is -0.491 e. The lowest BCUT2D eigenvalue weighted by Gasteiger charge is -2.11. The molecule has 0 radical (unpaired) electrons. The maximum absolute atomic E-state index is 13.5. The monoisotopic (exact) mass is 217 g/mol. The van der Waals surface area contributed by atoms with Gasteiger partial charge in [0.1, 0.15) is 0 Å². The summed E-state index contributed by atoms with van der Waals surface area (Å²) in [4.78, 5) is 0. The predicted octanol–water partition coefficient (Wildman–Crippen LogP) is 0.835. The fourth-order valence-corrected chi connectivity index (χ4v) is 1.27. The number of aliphatic hydroxyl groups is 1. The van der Waals surface area contributed by atoms with Gasteiger partial charge in [-0.2, -0.15) is 0 Å². The quantitative estimate of drug-likeness (QED) is 0.785. The van der Waals surface area contributed by atoms with E-state index in [1.807, 2.05) is 0 Å². The number of benzene rings is 1. The summed E-state index contributed by atoms with van der Waals surface area (Å²) in [5.74, 6) is -1.93. The van der Waals surface area contributed by atoms with Crippen LogP contribution in [0.4, 0.5) is 8.78 Å². The first kappa shape index (κ1) is 11.9. The molecule has 0 aliphatic rings. The molecule has 0 saturated carbocycles. The maximum atomic E-state index is 13.5. The van der Waals surface area contributed by atoms with Crippen LogP contribution < -0.4 is 10.5 Å². The van der Waals surface area contributed by atoms with Crippen molar-refractivity contribution in [1.82, 2.24) is 0 Å². The highest BCUT2D eigenvalue weighted by atomic mass is 19.1. The molecule has 84 valence electrons. The molecule has 0 fully saturated rings. The van der Waals surface area contributed by atoms with E-state index in [0.29, 0.717) is 0 Å². The summed E-state index contributed by atoms with van der Waals surface area (Å²) in [7, 11) is 1.19. The number of halogens is 2. The van der Waals surface area contributed by atoms with Crippen LogP contribution in [0.3, 0.4) is 0 Å². The minimum atomic E-state index is -0.763. The van der Waals surface area contributed by atoms with E-state index < -0.39 is 23.4 Å². The van der Waals surface area contributed by atoms with Gasteiger partial charge in [0.05, 0.1) is 13.7 Å². The van der Waals surface area contributed by atoms with Crippen molar-refractivity contribution in [1.29, 1.82) is 0 Å². The van der Waals surface area contributed by atoms with Crippen molar-refractivity contribution in [3.63, 3.8) is 0 Å². The average Bonchev–Trinajstić information content (AvgIpc) is 2.23. The zero-order valence-electron chi connectivity index (χ0n) is 8.34. The Hall–Kier alpha value is -1.20. The Labute approximate surface area is 86.5 Å². The summed E-state index contributed by atoms with van der Waals surface area (Å²) in [5, 5.41) is 8.72. The molecule has 1 atom stereocenters. The summed E-state index contributed by atoms with van der Waals surface area (Å²) in [5.41, 5.74) is 5.68. The van der Waals surface area contributed by atoms with Crippen LogP contribution in [0.25, 0.3) is 0 Å².